The van der Waals surface area contributed by atoms with Crippen LogP contribution in [0.1, 0.15) is 26.3 Å². The van der Waals surface area contributed by atoms with E-state index in [2.05, 4.69) is 10.3 Å². The molecule has 0 saturated heterocycles. The van der Waals surface area contributed by atoms with Crippen molar-refractivity contribution in [3.05, 3.63) is 73.8 Å². The third-order valence-corrected chi connectivity index (χ3v) is 7.11. The third-order valence-electron chi connectivity index (χ3n) is 4.91. The maximum atomic E-state index is 13.3. The first-order chi connectivity index (χ1) is 14.9. The van der Waals surface area contributed by atoms with Gasteiger partial charge in [0, 0.05) is 28.8 Å². The first-order valence-corrected chi connectivity index (χ1v) is 11.5. The van der Waals surface area contributed by atoms with E-state index in [9.17, 15) is 14.4 Å². The molecule has 3 heterocycles. The highest BCUT2D eigenvalue weighted by molar-refractivity contribution is 7.19. The zero-order valence-corrected chi connectivity index (χ0v) is 18.8. The van der Waals surface area contributed by atoms with Crippen molar-refractivity contribution in [1.82, 2.24) is 14.9 Å². The normalized spacial score (nSPS) is 11.0. The van der Waals surface area contributed by atoms with Crippen LogP contribution in [0.25, 0.3) is 21.3 Å². The molecule has 158 valence electrons. The number of aryl methyl sites for hydroxylation is 1. The molecule has 8 heteroatoms. The molecule has 4 aromatic rings. The summed E-state index contributed by atoms with van der Waals surface area (Å²) in [7, 11) is 0. The Morgan fingerprint density at radius 3 is 2.61 bits per heavy atom. The summed E-state index contributed by atoms with van der Waals surface area (Å²) in [5.41, 5.74) is 1.65. The Hall–Kier alpha value is -3.10. The Bertz CT molecular complexity index is 1320. The van der Waals surface area contributed by atoms with Crippen molar-refractivity contribution in [2.45, 2.75) is 26.8 Å². The van der Waals surface area contributed by atoms with Crippen molar-refractivity contribution < 1.29 is 9.59 Å². The molecular weight excluding hydrogens is 430 g/mol. The van der Waals surface area contributed by atoms with E-state index in [-0.39, 0.29) is 23.8 Å². The van der Waals surface area contributed by atoms with Gasteiger partial charge in [-0.1, -0.05) is 30.3 Å². The minimum Gasteiger partial charge on any atom is -0.356 e. The molecule has 1 N–H and O–H groups in total. The summed E-state index contributed by atoms with van der Waals surface area (Å²) in [6, 6.07) is 13.4. The van der Waals surface area contributed by atoms with Gasteiger partial charge in [0.05, 0.1) is 23.1 Å². The number of aromatic nitrogens is 2. The largest absolute Gasteiger partial charge is 0.356 e. The van der Waals surface area contributed by atoms with Crippen molar-refractivity contribution >= 4 is 44.6 Å². The highest BCUT2D eigenvalue weighted by Crippen LogP contribution is 2.35. The molecule has 0 aliphatic heterocycles. The SMILES string of the molecule is CC(=O)NCCc1ccc(C(=O)Cn2cnc3sc(C)c(-c4ccccc4)c3c2=O)s1. The van der Waals surface area contributed by atoms with Crippen LogP contribution >= 0.6 is 22.7 Å². The summed E-state index contributed by atoms with van der Waals surface area (Å²) in [6.45, 7) is 3.93. The lowest BCUT2D eigenvalue weighted by molar-refractivity contribution is -0.118. The minimum atomic E-state index is -0.205. The smallest absolute Gasteiger partial charge is 0.263 e. The van der Waals surface area contributed by atoms with Crippen LogP contribution in [0.15, 0.2) is 53.6 Å². The monoisotopic (exact) mass is 451 g/mol. The van der Waals surface area contributed by atoms with Crippen LogP contribution in [0.5, 0.6) is 0 Å². The number of nitrogens with zero attached hydrogens (tertiary/aromatic N) is 2. The fourth-order valence-electron chi connectivity index (χ4n) is 3.46. The lowest BCUT2D eigenvalue weighted by atomic mass is 10.0. The molecule has 0 aliphatic rings. The number of carbonyl (C=O) groups is 2. The average Bonchev–Trinajstić information content (AvgIpc) is 3.35. The first-order valence-electron chi connectivity index (χ1n) is 9.84. The van der Waals surface area contributed by atoms with E-state index in [0.717, 1.165) is 20.9 Å². The molecule has 6 nitrogen and oxygen atoms in total. The first kappa shape index (κ1) is 21.1. The van der Waals surface area contributed by atoms with Crippen molar-refractivity contribution in [3.8, 4) is 11.1 Å². The number of ketones is 1. The Labute approximate surface area is 187 Å². The predicted molar refractivity (Wildman–Crippen MR) is 125 cm³/mol. The van der Waals surface area contributed by atoms with Crippen LogP contribution in [0.4, 0.5) is 0 Å². The standard InChI is InChI=1S/C23H21N3O3S2/c1-14-20(16-6-4-3-5-7-16)21-22(30-14)25-13-26(23(21)29)12-18(28)19-9-8-17(31-19)10-11-24-15(2)27/h3-9,13H,10-12H2,1-2H3,(H,24,27). The van der Waals surface area contributed by atoms with Gasteiger partial charge in [0.15, 0.2) is 5.78 Å². The molecule has 4 rings (SSSR count). The molecular formula is C23H21N3O3S2. The second-order valence-corrected chi connectivity index (χ2v) is 9.55. The minimum absolute atomic E-state index is 0.0590. The number of carbonyl (C=O) groups excluding carboxylic acids is 2. The van der Waals surface area contributed by atoms with Gasteiger partial charge in [-0.15, -0.1) is 22.7 Å². The van der Waals surface area contributed by atoms with Gasteiger partial charge in [-0.05, 0) is 31.0 Å². The van der Waals surface area contributed by atoms with Gasteiger partial charge in [0.25, 0.3) is 5.56 Å². The summed E-state index contributed by atoms with van der Waals surface area (Å²) in [5.74, 6) is -0.207. The van der Waals surface area contributed by atoms with Gasteiger partial charge in [-0.2, -0.15) is 0 Å². The molecule has 1 amide bonds. The molecule has 1 aromatic carbocycles. The van der Waals surface area contributed by atoms with Gasteiger partial charge in [-0.3, -0.25) is 19.0 Å². The van der Waals surface area contributed by atoms with Gasteiger partial charge >= 0.3 is 0 Å². The van der Waals surface area contributed by atoms with Crippen molar-refractivity contribution in [2.24, 2.45) is 0 Å². The zero-order chi connectivity index (χ0) is 22.0. The number of Topliss-reactive ketones (excluding diaryl/α,β-unsaturated/α-hetero) is 1. The number of hydrogen-bond acceptors (Lipinski definition) is 6. The van der Waals surface area contributed by atoms with Crippen molar-refractivity contribution in [3.63, 3.8) is 0 Å². The second kappa shape index (κ2) is 8.95. The van der Waals surface area contributed by atoms with E-state index in [4.69, 9.17) is 0 Å². The van der Waals surface area contributed by atoms with E-state index in [1.807, 2.05) is 43.3 Å². The fourth-order valence-corrected chi connectivity index (χ4v) is 5.40. The summed E-state index contributed by atoms with van der Waals surface area (Å²) < 4.78 is 1.39. The number of amides is 1. The molecule has 0 radical (unpaired) electrons. The van der Waals surface area contributed by atoms with Crippen LogP contribution in [-0.4, -0.2) is 27.8 Å². The average molecular weight is 452 g/mol. The predicted octanol–water partition coefficient (Wildman–Crippen LogP) is 4.06. The number of fused-ring (bicyclic) bond motifs is 1. The zero-order valence-electron chi connectivity index (χ0n) is 17.2. The Morgan fingerprint density at radius 2 is 1.87 bits per heavy atom. The summed E-state index contributed by atoms with van der Waals surface area (Å²) in [6.07, 6.45) is 2.12. The lowest BCUT2D eigenvalue weighted by Gasteiger charge is -2.05. The number of nitrogens with one attached hydrogen (secondary N) is 1. The van der Waals surface area contributed by atoms with Crippen LogP contribution in [0, 0.1) is 6.92 Å². The summed E-state index contributed by atoms with van der Waals surface area (Å²) in [4.78, 5) is 44.8. The van der Waals surface area contributed by atoms with Crippen LogP contribution < -0.4 is 10.9 Å². The van der Waals surface area contributed by atoms with E-state index in [0.29, 0.717) is 28.1 Å². The van der Waals surface area contributed by atoms with Crippen molar-refractivity contribution in [2.75, 3.05) is 6.54 Å². The van der Waals surface area contributed by atoms with Gasteiger partial charge in [-0.25, -0.2) is 4.98 Å². The van der Waals surface area contributed by atoms with Crippen LogP contribution in [0.2, 0.25) is 0 Å². The Balaban J connectivity index is 1.60. The van der Waals surface area contributed by atoms with Crippen molar-refractivity contribution in [1.29, 1.82) is 0 Å². The molecule has 0 spiro atoms. The highest BCUT2D eigenvalue weighted by Gasteiger charge is 2.18. The summed E-state index contributed by atoms with van der Waals surface area (Å²) in [5, 5.41) is 3.31. The lowest BCUT2D eigenvalue weighted by Crippen LogP contribution is -2.24. The molecule has 0 aliphatic carbocycles. The quantitative estimate of drug-likeness (QED) is 0.430. The van der Waals surface area contributed by atoms with E-state index >= 15 is 0 Å². The third kappa shape index (κ3) is 4.50. The van der Waals surface area contributed by atoms with Gasteiger partial charge in [0.1, 0.15) is 4.83 Å². The van der Waals surface area contributed by atoms with Crippen LogP contribution in [0.3, 0.4) is 0 Å². The Kier molecular flexibility index (Phi) is 6.11. The molecule has 3 aromatic heterocycles. The van der Waals surface area contributed by atoms with Gasteiger partial charge in [0.2, 0.25) is 5.91 Å². The van der Waals surface area contributed by atoms with E-state index in [1.54, 1.807) is 6.07 Å². The molecule has 0 fully saturated rings. The van der Waals surface area contributed by atoms with E-state index < -0.39 is 0 Å². The van der Waals surface area contributed by atoms with E-state index in [1.165, 1.54) is 40.5 Å². The molecule has 0 atom stereocenters. The molecule has 0 bridgehead atoms. The second-order valence-electron chi connectivity index (χ2n) is 7.18. The number of benzene rings is 1. The maximum absolute atomic E-state index is 13.3. The number of hydrogen-bond donors (Lipinski definition) is 1. The van der Waals surface area contributed by atoms with Crippen LogP contribution in [-0.2, 0) is 17.8 Å². The Morgan fingerprint density at radius 1 is 1.10 bits per heavy atom. The molecule has 31 heavy (non-hydrogen) atoms. The molecule has 0 unspecified atom stereocenters. The number of thiophene rings is 2. The summed E-state index contributed by atoms with van der Waals surface area (Å²) >= 11 is 2.88. The maximum Gasteiger partial charge on any atom is 0.263 e. The topological polar surface area (TPSA) is 81.1 Å². The fraction of sp³-hybridized carbons (Fsp3) is 0.217. The van der Waals surface area contributed by atoms with Gasteiger partial charge < -0.3 is 5.32 Å². The molecule has 0 saturated carbocycles. The highest BCUT2D eigenvalue weighted by atomic mass is 32.1. The number of rotatable bonds is 7.